The molecule has 1 aromatic rings. The Hall–Kier alpha value is 0.01000. The number of thioether (sulfide) groups is 1. The highest BCUT2D eigenvalue weighted by molar-refractivity contribution is 9.10. The number of hydrogen-bond donors (Lipinski definition) is 1. The van der Waals surface area contributed by atoms with Gasteiger partial charge in [-0.15, -0.1) is 0 Å². The smallest absolute Gasteiger partial charge is 0.0581 e. The van der Waals surface area contributed by atoms with E-state index in [1.54, 1.807) is 0 Å². The van der Waals surface area contributed by atoms with Gasteiger partial charge in [-0.25, -0.2) is 0 Å². The van der Waals surface area contributed by atoms with Gasteiger partial charge in [0.15, 0.2) is 0 Å². The first-order chi connectivity index (χ1) is 7.24. The van der Waals surface area contributed by atoms with E-state index in [0.717, 1.165) is 29.5 Å². The molecule has 0 saturated heterocycles. The molecule has 0 spiro atoms. The third-order valence-electron chi connectivity index (χ3n) is 2.30. The van der Waals surface area contributed by atoms with Gasteiger partial charge in [0.2, 0.25) is 0 Å². The molecule has 0 aliphatic carbocycles. The molecule has 15 heavy (non-hydrogen) atoms. The summed E-state index contributed by atoms with van der Waals surface area (Å²) < 4.78 is 1.09. The van der Waals surface area contributed by atoms with Crippen LogP contribution in [0.15, 0.2) is 28.7 Å². The van der Waals surface area contributed by atoms with Crippen LogP contribution in [0.2, 0.25) is 0 Å². The van der Waals surface area contributed by atoms with Crippen molar-refractivity contribution >= 4 is 27.7 Å². The fourth-order valence-electron chi connectivity index (χ4n) is 1.48. The van der Waals surface area contributed by atoms with Crippen molar-refractivity contribution in [2.45, 2.75) is 25.4 Å². The van der Waals surface area contributed by atoms with E-state index in [1.807, 2.05) is 30.0 Å². The first kappa shape index (κ1) is 13.1. The number of hydrogen-bond acceptors (Lipinski definition) is 2. The van der Waals surface area contributed by atoms with Gasteiger partial charge in [0.25, 0.3) is 0 Å². The van der Waals surface area contributed by atoms with Crippen LogP contribution < -0.4 is 0 Å². The molecule has 0 aliphatic rings. The van der Waals surface area contributed by atoms with E-state index in [4.69, 9.17) is 0 Å². The van der Waals surface area contributed by atoms with Gasteiger partial charge in [-0.05, 0) is 42.9 Å². The molecule has 0 amide bonds. The Morgan fingerprint density at radius 1 is 1.40 bits per heavy atom. The number of rotatable bonds is 6. The van der Waals surface area contributed by atoms with Crippen LogP contribution in [0, 0.1) is 0 Å². The predicted octanol–water partition coefficient (Wildman–Crippen LogP) is 3.50. The van der Waals surface area contributed by atoms with Crippen LogP contribution in [0.5, 0.6) is 0 Å². The molecule has 1 rings (SSSR count). The molecule has 0 radical (unpaired) electrons. The van der Waals surface area contributed by atoms with Gasteiger partial charge >= 0.3 is 0 Å². The normalized spacial score (nSPS) is 12.7. The van der Waals surface area contributed by atoms with Crippen molar-refractivity contribution in [1.82, 2.24) is 0 Å². The lowest BCUT2D eigenvalue weighted by Crippen LogP contribution is -2.11. The lowest BCUT2D eigenvalue weighted by atomic mass is 10.0. The summed E-state index contributed by atoms with van der Waals surface area (Å²) in [6, 6.07) is 8.08. The molecule has 1 nitrogen and oxygen atoms in total. The number of aliphatic hydroxyl groups excluding tert-OH is 1. The molecule has 1 unspecified atom stereocenters. The topological polar surface area (TPSA) is 20.2 Å². The van der Waals surface area contributed by atoms with Gasteiger partial charge in [0.1, 0.15) is 0 Å². The minimum Gasteiger partial charge on any atom is -0.393 e. The van der Waals surface area contributed by atoms with E-state index in [1.165, 1.54) is 5.56 Å². The van der Waals surface area contributed by atoms with Crippen LogP contribution >= 0.6 is 27.7 Å². The van der Waals surface area contributed by atoms with Gasteiger partial charge in [-0.1, -0.05) is 34.1 Å². The second-order valence-electron chi connectivity index (χ2n) is 3.58. The SMILES string of the molecule is CSCCCC(O)Cc1ccccc1Br. The van der Waals surface area contributed by atoms with E-state index in [2.05, 4.69) is 28.3 Å². The summed E-state index contributed by atoms with van der Waals surface area (Å²) in [6.45, 7) is 0. The second kappa shape index (κ2) is 7.31. The fraction of sp³-hybridized carbons (Fsp3) is 0.500. The molecular weight excluding hydrogens is 272 g/mol. The molecule has 1 atom stereocenters. The first-order valence-corrected chi connectivity index (χ1v) is 7.33. The van der Waals surface area contributed by atoms with E-state index >= 15 is 0 Å². The summed E-state index contributed by atoms with van der Waals surface area (Å²) >= 11 is 5.32. The molecule has 0 aliphatic heterocycles. The molecular formula is C12H17BrOS. The minimum absolute atomic E-state index is 0.212. The summed E-state index contributed by atoms with van der Waals surface area (Å²) in [5.41, 5.74) is 1.19. The molecule has 0 aromatic heterocycles. The number of halogens is 1. The average Bonchev–Trinajstić information content (AvgIpc) is 2.22. The maximum Gasteiger partial charge on any atom is 0.0581 e. The zero-order valence-corrected chi connectivity index (χ0v) is 11.4. The summed E-state index contributed by atoms with van der Waals surface area (Å²) in [4.78, 5) is 0. The maximum atomic E-state index is 9.82. The zero-order chi connectivity index (χ0) is 11.1. The van der Waals surface area contributed by atoms with Crippen molar-refractivity contribution < 1.29 is 5.11 Å². The Labute approximate surface area is 104 Å². The minimum atomic E-state index is -0.212. The Balaban J connectivity index is 2.37. The molecule has 84 valence electrons. The van der Waals surface area contributed by atoms with Crippen molar-refractivity contribution in [3.8, 4) is 0 Å². The molecule has 1 N–H and O–H groups in total. The van der Waals surface area contributed by atoms with Crippen molar-refractivity contribution in [3.05, 3.63) is 34.3 Å². The van der Waals surface area contributed by atoms with E-state index in [-0.39, 0.29) is 6.10 Å². The number of benzene rings is 1. The van der Waals surface area contributed by atoms with Gasteiger partial charge in [-0.3, -0.25) is 0 Å². The molecule has 0 bridgehead atoms. The van der Waals surface area contributed by atoms with Crippen molar-refractivity contribution in [3.63, 3.8) is 0 Å². The maximum absolute atomic E-state index is 9.82. The fourth-order valence-corrected chi connectivity index (χ4v) is 2.39. The van der Waals surface area contributed by atoms with Crippen LogP contribution in [0.4, 0.5) is 0 Å². The van der Waals surface area contributed by atoms with Crippen molar-refractivity contribution in [2.24, 2.45) is 0 Å². The molecule has 3 heteroatoms. The van der Waals surface area contributed by atoms with Crippen LogP contribution in [0.3, 0.4) is 0 Å². The average molecular weight is 289 g/mol. The van der Waals surface area contributed by atoms with E-state index < -0.39 is 0 Å². The van der Waals surface area contributed by atoms with Gasteiger partial charge in [0.05, 0.1) is 6.10 Å². The summed E-state index contributed by atoms with van der Waals surface area (Å²) in [7, 11) is 0. The Morgan fingerprint density at radius 3 is 2.80 bits per heavy atom. The Bertz CT molecular complexity index is 291. The lowest BCUT2D eigenvalue weighted by molar-refractivity contribution is 0.164. The van der Waals surface area contributed by atoms with Crippen LogP contribution in [-0.2, 0) is 6.42 Å². The van der Waals surface area contributed by atoms with Gasteiger partial charge < -0.3 is 5.11 Å². The second-order valence-corrected chi connectivity index (χ2v) is 5.42. The molecule has 0 heterocycles. The predicted molar refractivity (Wildman–Crippen MR) is 71.5 cm³/mol. The van der Waals surface area contributed by atoms with E-state index in [9.17, 15) is 5.11 Å². The van der Waals surface area contributed by atoms with Crippen molar-refractivity contribution in [1.29, 1.82) is 0 Å². The standard InChI is InChI=1S/C12H17BrOS/c1-15-8-4-6-11(14)9-10-5-2-3-7-12(10)13/h2-3,5,7,11,14H,4,6,8-9H2,1H3. The Morgan fingerprint density at radius 2 is 2.13 bits per heavy atom. The zero-order valence-electron chi connectivity index (χ0n) is 8.95. The monoisotopic (exact) mass is 288 g/mol. The van der Waals surface area contributed by atoms with Gasteiger partial charge in [-0.2, -0.15) is 11.8 Å². The van der Waals surface area contributed by atoms with Crippen molar-refractivity contribution in [2.75, 3.05) is 12.0 Å². The third-order valence-corrected chi connectivity index (χ3v) is 3.77. The quantitative estimate of drug-likeness (QED) is 0.809. The highest BCUT2D eigenvalue weighted by Gasteiger charge is 2.07. The summed E-state index contributed by atoms with van der Waals surface area (Å²) in [5.74, 6) is 1.13. The summed E-state index contributed by atoms with van der Waals surface area (Å²) in [6.07, 6.45) is 4.61. The van der Waals surface area contributed by atoms with Gasteiger partial charge in [0, 0.05) is 4.47 Å². The summed E-state index contributed by atoms with van der Waals surface area (Å²) in [5, 5.41) is 9.82. The highest BCUT2D eigenvalue weighted by atomic mass is 79.9. The first-order valence-electron chi connectivity index (χ1n) is 5.14. The molecule has 1 aromatic carbocycles. The Kier molecular flexibility index (Phi) is 6.37. The van der Waals surface area contributed by atoms with Crippen LogP contribution in [0.25, 0.3) is 0 Å². The molecule has 0 fully saturated rings. The third kappa shape index (κ3) is 5.05. The number of aliphatic hydroxyl groups is 1. The van der Waals surface area contributed by atoms with Crippen LogP contribution in [0.1, 0.15) is 18.4 Å². The van der Waals surface area contributed by atoms with E-state index in [0.29, 0.717) is 0 Å². The lowest BCUT2D eigenvalue weighted by Gasteiger charge is -2.11. The molecule has 0 saturated carbocycles. The highest BCUT2D eigenvalue weighted by Crippen LogP contribution is 2.18. The largest absolute Gasteiger partial charge is 0.393 e. The van der Waals surface area contributed by atoms with Crippen LogP contribution in [-0.4, -0.2) is 23.2 Å².